The molecule has 26 heavy (non-hydrogen) atoms. The van der Waals surface area contributed by atoms with Crippen molar-refractivity contribution in [3.63, 3.8) is 0 Å². The third kappa shape index (κ3) is 3.79. The predicted octanol–water partition coefficient (Wildman–Crippen LogP) is 3.41. The average Bonchev–Trinajstić information content (AvgIpc) is 3.04. The van der Waals surface area contributed by atoms with Crippen molar-refractivity contribution in [3.05, 3.63) is 58.9 Å². The number of aryl methyl sites for hydroxylation is 2. The summed E-state index contributed by atoms with van der Waals surface area (Å²) < 4.78 is 58.3. The fraction of sp³-hybridized carbons (Fsp3) is 0.250. The summed E-state index contributed by atoms with van der Waals surface area (Å²) in [5.74, 6) is -1.35. The zero-order valence-corrected chi connectivity index (χ0v) is 13.8. The maximum atomic E-state index is 13.4. The van der Waals surface area contributed by atoms with E-state index in [-0.39, 0.29) is 18.3 Å². The minimum atomic E-state index is -4.80. The van der Waals surface area contributed by atoms with Crippen molar-refractivity contribution in [3.8, 4) is 11.7 Å². The first-order valence-electron chi connectivity index (χ1n) is 7.45. The van der Waals surface area contributed by atoms with Crippen molar-refractivity contribution >= 4 is 0 Å². The van der Waals surface area contributed by atoms with Crippen LogP contribution in [0.2, 0.25) is 0 Å². The summed E-state index contributed by atoms with van der Waals surface area (Å²) in [6.45, 7) is 3.66. The number of hydrogen-bond donors (Lipinski definition) is 0. The van der Waals surface area contributed by atoms with Gasteiger partial charge in [-0.25, -0.2) is 19.0 Å². The molecule has 0 saturated heterocycles. The summed E-state index contributed by atoms with van der Waals surface area (Å²) in [5, 5.41) is 7.56. The van der Waals surface area contributed by atoms with Crippen LogP contribution < -0.4 is 4.74 Å². The number of hydrogen-bond acceptors (Lipinski definition) is 5. The van der Waals surface area contributed by atoms with Crippen molar-refractivity contribution in [2.24, 2.45) is 0 Å². The molecule has 10 heteroatoms. The van der Waals surface area contributed by atoms with E-state index in [0.717, 1.165) is 22.0 Å². The third-order valence-electron chi connectivity index (χ3n) is 3.61. The molecule has 0 radical (unpaired) electrons. The largest absolute Gasteiger partial charge is 0.457 e. The Hall–Kier alpha value is -3.04. The highest BCUT2D eigenvalue weighted by Gasteiger charge is 2.34. The molecule has 6 nitrogen and oxygen atoms in total. The lowest BCUT2D eigenvalue weighted by Gasteiger charge is -2.09. The van der Waals surface area contributed by atoms with E-state index < -0.39 is 17.6 Å². The molecule has 0 N–H and O–H groups in total. The molecule has 0 fully saturated rings. The predicted molar refractivity (Wildman–Crippen MR) is 82.2 cm³/mol. The van der Waals surface area contributed by atoms with Crippen LogP contribution in [-0.4, -0.2) is 25.0 Å². The molecule has 3 aromatic rings. The molecule has 136 valence electrons. The average molecular weight is 367 g/mol. The van der Waals surface area contributed by atoms with E-state index in [2.05, 4.69) is 20.3 Å². The first-order valence-corrected chi connectivity index (χ1v) is 7.45. The smallest absolute Gasteiger partial charge is 0.419 e. The fourth-order valence-corrected chi connectivity index (χ4v) is 2.08. The maximum absolute atomic E-state index is 13.4. The van der Waals surface area contributed by atoms with Gasteiger partial charge in [-0.15, -0.1) is 5.10 Å². The normalized spacial score (nSPS) is 11.6. The molecule has 3 rings (SSSR count). The summed E-state index contributed by atoms with van der Waals surface area (Å²) >= 11 is 0. The molecule has 0 spiro atoms. The van der Waals surface area contributed by atoms with Crippen LogP contribution in [0.1, 0.15) is 22.5 Å². The molecular weight excluding hydrogens is 354 g/mol. The van der Waals surface area contributed by atoms with Gasteiger partial charge in [0.1, 0.15) is 18.1 Å². The van der Waals surface area contributed by atoms with Crippen LogP contribution in [0.25, 0.3) is 5.69 Å². The Kier molecular flexibility index (Phi) is 4.58. The molecule has 2 aromatic heterocycles. The molecule has 0 saturated carbocycles. The highest BCUT2D eigenvalue weighted by atomic mass is 19.4. The van der Waals surface area contributed by atoms with Crippen LogP contribution in [0.15, 0.2) is 30.6 Å². The summed E-state index contributed by atoms with van der Waals surface area (Å²) in [5.41, 5.74) is 0.696. The van der Waals surface area contributed by atoms with E-state index in [4.69, 9.17) is 4.74 Å². The zero-order chi connectivity index (χ0) is 18.9. The number of nitrogens with zero attached hydrogens (tertiary/aromatic N) is 5. The highest BCUT2D eigenvalue weighted by molar-refractivity contribution is 5.37. The standard InChI is InChI=1S/C16H13F4N5O/c1-9-6-21-15(22-10(9)2)26-8-11-7-25(24-23-11)12-3-4-14(17)13(5-12)16(18,19)20/h3-7H,8H2,1-2H3. The molecule has 0 bridgehead atoms. The maximum Gasteiger partial charge on any atom is 0.419 e. The van der Waals surface area contributed by atoms with Gasteiger partial charge in [0.25, 0.3) is 0 Å². The van der Waals surface area contributed by atoms with Crippen molar-refractivity contribution in [2.75, 3.05) is 0 Å². The van der Waals surface area contributed by atoms with Gasteiger partial charge in [0.05, 0.1) is 17.4 Å². The Balaban J connectivity index is 1.76. The van der Waals surface area contributed by atoms with Crippen LogP contribution in [0, 0.1) is 19.7 Å². The number of benzene rings is 1. The Morgan fingerprint density at radius 2 is 1.96 bits per heavy atom. The van der Waals surface area contributed by atoms with E-state index in [1.807, 2.05) is 13.8 Å². The zero-order valence-electron chi connectivity index (χ0n) is 13.8. The summed E-state index contributed by atoms with van der Waals surface area (Å²) in [6.07, 6.45) is -1.80. The minimum Gasteiger partial charge on any atom is -0.457 e. The molecule has 0 atom stereocenters. The van der Waals surface area contributed by atoms with Gasteiger partial charge in [-0.1, -0.05) is 5.21 Å². The van der Waals surface area contributed by atoms with Gasteiger partial charge in [0.15, 0.2) is 0 Å². The van der Waals surface area contributed by atoms with E-state index in [0.29, 0.717) is 11.8 Å². The van der Waals surface area contributed by atoms with Crippen LogP contribution in [-0.2, 0) is 12.8 Å². The highest BCUT2D eigenvalue weighted by Crippen LogP contribution is 2.32. The first-order chi connectivity index (χ1) is 12.2. The lowest BCUT2D eigenvalue weighted by Crippen LogP contribution is -2.09. The van der Waals surface area contributed by atoms with Crippen LogP contribution in [0.5, 0.6) is 6.01 Å². The molecule has 0 aliphatic rings. The molecule has 1 aromatic carbocycles. The van der Waals surface area contributed by atoms with E-state index >= 15 is 0 Å². The Labute approximate surface area is 145 Å². The Morgan fingerprint density at radius 3 is 2.65 bits per heavy atom. The van der Waals surface area contributed by atoms with Gasteiger partial charge in [-0.05, 0) is 37.6 Å². The van der Waals surface area contributed by atoms with Crippen molar-refractivity contribution in [2.45, 2.75) is 26.6 Å². The number of alkyl halides is 3. The van der Waals surface area contributed by atoms with Crippen LogP contribution in [0.4, 0.5) is 17.6 Å². The van der Waals surface area contributed by atoms with Crippen molar-refractivity contribution < 1.29 is 22.3 Å². The first kappa shape index (κ1) is 17.8. The number of aromatic nitrogens is 5. The number of rotatable bonds is 4. The third-order valence-corrected chi connectivity index (χ3v) is 3.61. The molecule has 0 aliphatic heterocycles. The lowest BCUT2D eigenvalue weighted by molar-refractivity contribution is -0.140. The van der Waals surface area contributed by atoms with Gasteiger partial charge in [0.2, 0.25) is 0 Å². The Morgan fingerprint density at radius 1 is 1.19 bits per heavy atom. The van der Waals surface area contributed by atoms with E-state index in [1.54, 1.807) is 6.20 Å². The van der Waals surface area contributed by atoms with Gasteiger partial charge in [-0.2, -0.15) is 13.2 Å². The monoisotopic (exact) mass is 367 g/mol. The summed E-state index contributed by atoms with van der Waals surface area (Å²) in [7, 11) is 0. The van der Waals surface area contributed by atoms with Gasteiger partial charge < -0.3 is 4.74 Å². The van der Waals surface area contributed by atoms with Crippen molar-refractivity contribution in [1.29, 1.82) is 0 Å². The molecular formula is C16H13F4N5O. The second kappa shape index (κ2) is 6.70. The second-order valence-corrected chi connectivity index (χ2v) is 5.53. The van der Waals surface area contributed by atoms with E-state index in [1.165, 1.54) is 12.3 Å². The van der Waals surface area contributed by atoms with E-state index in [9.17, 15) is 17.6 Å². The Bertz CT molecular complexity index is 939. The number of ether oxygens (including phenoxy) is 1. The van der Waals surface area contributed by atoms with Gasteiger partial charge >= 0.3 is 12.2 Å². The quantitative estimate of drug-likeness (QED) is 0.661. The van der Waals surface area contributed by atoms with Gasteiger partial charge in [0, 0.05) is 11.9 Å². The fourth-order valence-electron chi connectivity index (χ4n) is 2.08. The summed E-state index contributed by atoms with van der Waals surface area (Å²) in [6, 6.07) is 2.74. The van der Waals surface area contributed by atoms with Crippen LogP contribution in [0.3, 0.4) is 0 Å². The second-order valence-electron chi connectivity index (χ2n) is 5.53. The SMILES string of the molecule is Cc1cnc(OCc2cn(-c3ccc(F)c(C(F)(F)F)c3)nn2)nc1C. The molecule has 0 amide bonds. The number of halogens is 4. The minimum absolute atomic E-state index is 0.0180. The van der Waals surface area contributed by atoms with Gasteiger partial charge in [-0.3, -0.25) is 0 Å². The topological polar surface area (TPSA) is 65.7 Å². The molecule has 2 heterocycles. The lowest BCUT2D eigenvalue weighted by atomic mass is 10.2. The van der Waals surface area contributed by atoms with Crippen molar-refractivity contribution in [1.82, 2.24) is 25.0 Å². The molecule has 0 aliphatic carbocycles. The summed E-state index contributed by atoms with van der Waals surface area (Å²) in [4.78, 5) is 8.16. The van der Waals surface area contributed by atoms with Crippen LogP contribution >= 0.6 is 0 Å². The molecule has 0 unspecified atom stereocenters.